The summed E-state index contributed by atoms with van der Waals surface area (Å²) < 4.78 is 13.4. The molecule has 0 spiro atoms. The summed E-state index contributed by atoms with van der Waals surface area (Å²) in [6.45, 7) is 10.3. The number of rotatable bonds is 11. The van der Waals surface area contributed by atoms with Crippen molar-refractivity contribution in [1.29, 1.82) is 0 Å². The van der Waals surface area contributed by atoms with Crippen LogP contribution < -0.4 is 5.30 Å². The summed E-state index contributed by atoms with van der Waals surface area (Å²) in [4.78, 5) is 13.2. The Morgan fingerprint density at radius 3 is 2.00 bits per heavy atom. The molecule has 0 aliphatic carbocycles. The highest BCUT2D eigenvalue weighted by atomic mass is 31.1. The van der Waals surface area contributed by atoms with Crippen LogP contribution in [0.1, 0.15) is 90.5 Å². The minimum absolute atomic E-state index is 0.231. The van der Waals surface area contributed by atoms with Gasteiger partial charge in [0, 0.05) is 10.9 Å². The maximum Gasteiger partial charge on any atom is 0.247 e. The van der Waals surface area contributed by atoms with E-state index in [4.69, 9.17) is 0 Å². The molecule has 2 nitrogen and oxygen atoms in total. The third kappa shape index (κ3) is 6.34. The minimum atomic E-state index is -2.11. The van der Waals surface area contributed by atoms with Crippen molar-refractivity contribution in [2.24, 2.45) is 0 Å². The lowest BCUT2D eigenvalue weighted by Crippen LogP contribution is -2.13. The smallest absolute Gasteiger partial charge is 0.247 e. The van der Waals surface area contributed by atoms with Gasteiger partial charge < -0.3 is 0 Å². The van der Waals surface area contributed by atoms with Gasteiger partial charge in [-0.15, -0.1) is 0 Å². The first-order chi connectivity index (χ1) is 13.9. The molecule has 0 aliphatic heterocycles. The summed E-state index contributed by atoms with van der Waals surface area (Å²) in [5, 5.41) is 0.736. The van der Waals surface area contributed by atoms with Gasteiger partial charge in [0.25, 0.3) is 0 Å². The van der Waals surface area contributed by atoms with Crippen molar-refractivity contribution in [3.05, 3.63) is 63.7 Å². The van der Waals surface area contributed by atoms with Crippen LogP contribution in [0, 0.1) is 20.8 Å². The molecule has 0 saturated carbocycles. The maximum atomic E-state index is 13.4. The van der Waals surface area contributed by atoms with Crippen LogP contribution in [-0.4, -0.2) is 5.52 Å². The SMILES string of the molecule is CCCCCc1ccc([P](=O)C(=O)c2c(C)cc(C)cc2C)c(CCCCC)c1. The lowest BCUT2D eigenvalue weighted by molar-refractivity contribution is 0.107. The molecule has 0 saturated heterocycles. The molecular weight excluding hydrogens is 375 g/mol. The van der Waals surface area contributed by atoms with E-state index in [1.807, 2.05) is 39.0 Å². The molecule has 0 fully saturated rings. The monoisotopic (exact) mass is 411 g/mol. The lowest BCUT2D eigenvalue weighted by atomic mass is 10.0. The largest absolute Gasteiger partial charge is 0.281 e. The molecule has 2 aromatic rings. The first-order valence-electron chi connectivity index (χ1n) is 11.1. The summed E-state index contributed by atoms with van der Waals surface area (Å²) in [5.74, 6) is 0. The van der Waals surface area contributed by atoms with Crippen LogP contribution in [-0.2, 0) is 17.4 Å². The number of aryl methyl sites for hydroxylation is 5. The minimum Gasteiger partial charge on any atom is -0.281 e. The maximum absolute atomic E-state index is 13.4. The zero-order valence-corrected chi connectivity index (χ0v) is 19.7. The van der Waals surface area contributed by atoms with E-state index in [1.165, 1.54) is 24.8 Å². The number of unbranched alkanes of at least 4 members (excludes halogenated alkanes) is 4. The molecular formula is C26H36O2P. The number of carbonyl (C=O) groups is 1. The van der Waals surface area contributed by atoms with Crippen molar-refractivity contribution in [1.82, 2.24) is 0 Å². The molecule has 0 aromatic heterocycles. The zero-order chi connectivity index (χ0) is 21.4. The molecule has 1 unspecified atom stereocenters. The van der Waals surface area contributed by atoms with E-state index in [9.17, 15) is 9.36 Å². The molecule has 29 heavy (non-hydrogen) atoms. The van der Waals surface area contributed by atoms with Crippen molar-refractivity contribution in [2.75, 3.05) is 0 Å². The van der Waals surface area contributed by atoms with Crippen LogP contribution in [0.3, 0.4) is 0 Å². The highest BCUT2D eigenvalue weighted by molar-refractivity contribution is 7.71. The average Bonchev–Trinajstić information content (AvgIpc) is 2.67. The predicted molar refractivity (Wildman–Crippen MR) is 125 cm³/mol. The van der Waals surface area contributed by atoms with E-state index in [1.54, 1.807) is 0 Å². The summed E-state index contributed by atoms with van der Waals surface area (Å²) >= 11 is 0. The number of hydrogen-bond donors (Lipinski definition) is 0. The molecule has 0 heterocycles. The van der Waals surface area contributed by atoms with Crippen LogP contribution >= 0.6 is 7.80 Å². The molecule has 157 valence electrons. The quantitative estimate of drug-likeness (QED) is 0.286. The molecule has 0 N–H and O–H groups in total. The van der Waals surface area contributed by atoms with Crippen LogP contribution in [0.15, 0.2) is 30.3 Å². The summed E-state index contributed by atoms with van der Waals surface area (Å²) in [5.41, 5.74) is 5.76. The fraction of sp³-hybridized carbons (Fsp3) is 0.500. The fourth-order valence-electron chi connectivity index (χ4n) is 4.07. The molecule has 1 radical (unpaired) electrons. The van der Waals surface area contributed by atoms with Crippen LogP contribution in [0.5, 0.6) is 0 Å². The number of hydrogen-bond acceptors (Lipinski definition) is 2. The second-order valence-corrected chi connectivity index (χ2v) is 9.73. The molecule has 2 aromatic carbocycles. The van der Waals surface area contributed by atoms with Crippen LogP contribution in [0.2, 0.25) is 0 Å². The second-order valence-electron chi connectivity index (χ2n) is 8.25. The Hall–Kier alpha value is -1.79. The predicted octanol–water partition coefficient (Wildman–Crippen LogP) is 7.37. The van der Waals surface area contributed by atoms with E-state index >= 15 is 0 Å². The fourth-order valence-corrected chi connectivity index (χ4v) is 5.49. The zero-order valence-electron chi connectivity index (χ0n) is 18.8. The van der Waals surface area contributed by atoms with Gasteiger partial charge in [0.1, 0.15) is 0 Å². The van der Waals surface area contributed by atoms with Gasteiger partial charge in [-0.3, -0.25) is 9.36 Å². The molecule has 2 rings (SSSR count). The highest BCUT2D eigenvalue weighted by Crippen LogP contribution is 2.32. The van der Waals surface area contributed by atoms with Gasteiger partial charge in [-0.25, -0.2) is 0 Å². The molecule has 1 atom stereocenters. The van der Waals surface area contributed by atoms with Crippen molar-refractivity contribution < 1.29 is 9.36 Å². The lowest BCUT2D eigenvalue weighted by Gasteiger charge is -2.13. The Morgan fingerprint density at radius 2 is 1.41 bits per heavy atom. The number of benzene rings is 2. The van der Waals surface area contributed by atoms with E-state index in [0.717, 1.165) is 59.7 Å². The molecule has 3 heteroatoms. The third-order valence-corrected chi connectivity index (χ3v) is 7.02. The van der Waals surface area contributed by atoms with Gasteiger partial charge in [0.05, 0.1) is 0 Å². The highest BCUT2D eigenvalue weighted by Gasteiger charge is 2.23. The summed E-state index contributed by atoms with van der Waals surface area (Å²) in [6.07, 6.45) is 8.93. The number of carbonyl (C=O) groups excluding carboxylic acids is 1. The summed E-state index contributed by atoms with van der Waals surface area (Å²) in [7, 11) is -2.11. The molecule has 0 aliphatic rings. The van der Waals surface area contributed by atoms with Gasteiger partial charge in [-0.1, -0.05) is 69.4 Å². The average molecular weight is 412 g/mol. The first kappa shape index (κ1) is 23.5. The third-order valence-electron chi connectivity index (χ3n) is 5.56. The van der Waals surface area contributed by atoms with Gasteiger partial charge in [0.15, 0.2) is 7.80 Å². The van der Waals surface area contributed by atoms with Crippen molar-refractivity contribution in [3.8, 4) is 0 Å². The van der Waals surface area contributed by atoms with Crippen molar-refractivity contribution in [2.45, 2.75) is 86.0 Å². The van der Waals surface area contributed by atoms with E-state index < -0.39 is 7.80 Å². The molecule has 0 bridgehead atoms. The topological polar surface area (TPSA) is 34.1 Å². The normalized spacial score (nSPS) is 11.6. The van der Waals surface area contributed by atoms with Gasteiger partial charge in [-0.05, 0) is 74.8 Å². The summed E-state index contributed by atoms with van der Waals surface area (Å²) in [6, 6.07) is 10.2. The van der Waals surface area contributed by atoms with Crippen molar-refractivity contribution >= 4 is 18.6 Å². The molecule has 0 amide bonds. The van der Waals surface area contributed by atoms with Crippen LogP contribution in [0.4, 0.5) is 0 Å². The second kappa shape index (κ2) is 11.4. The van der Waals surface area contributed by atoms with Gasteiger partial charge >= 0.3 is 0 Å². The Morgan fingerprint density at radius 1 is 0.828 bits per heavy atom. The van der Waals surface area contributed by atoms with Crippen molar-refractivity contribution in [3.63, 3.8) is 0 Å². The Bertz CT molecular complexity index is 844. The van der Waals surface area contributed by atoms with E-state index in [0.29, 0.717) is 5.56 Å². The van der Waals surface area contributed by atoms with E-state index in [-0.39, 0.29) is 5.52 Å². The van der Waals surface area contributed by atoms with Gasteiger partial charge in [0.2, 0.25) is 5.52 Å². The van der Waals surface area contributed by atoms with E-state index in [2.05, 4.69) is 26.0 Å². The van der Waals surface area contributed by atoms with Gasteiger partial charge in [-0.2, -0.15) is 0 Å². The Balaban J connectivity index is 2.35. The standard InChI is InChI=1S/C26H36O2P/c1-6-8-10-12-22-14-15-24(23(18-22)13-11-9-7-2)29(28)26(27)25-20(4)16-19(3)17-21(25)5/h14-18H,6-13H2,1-5H3. The Labute approximate surface area is 177 Å². The Kier molecular flexibility index (Phi) is 9.24. The van der Waals surface area contributed by atoms with Crippen LogP contribution in [0.25, 0.3) is 0 Å². The first-order valence-corrected chi connectivity index (χ1v) is 12.4.